The van der Waals surface area contributed by atoms with Gasteiger partial charge in [0.05, 0.1) is 4.90 Å². The van der Waals surface area contributed by atoms with Crippen LogP contribution in [0.3, 0.4) is 0 Å². The van der Waals surface area contributed by atoms with Crippen molar-refractivity contribution in [3.05, 3.63) is 79.0 Å². The van der Waals surface area contributed by atoms with Crippen molar-refractivity contribution in [3.63, 3.8) is 0 Å². The Labute approximate surface area is 136 Å². The molecule has 1 aromatic heterocycles. The SMILES string of the molecule is CN(c1ccccn1)S(=O)(=O)c1ccc(-c2ccccc2)cc1. The van der Waals surface area contributed by atoms with E-state index in [1.54, 1.807) is 36.5 Å². The summed E-state index contributed by atoms with van der Waals surface area (Å²) < 4.78 is 26.5. The molecule has 0 bridgehead atoms. The van der Waals surface area contributed by atoms with Crippen molar-refractivity contribution in [2.24, 2.45) is 0 Å². The Hall–Kier alpha value is -2.66. The number of sulfonamides is 1. The third-order valence-electron chi connectivity index (χ3n) is 3.59. The predicted octanol–water partition coefficient (Wildman–Crippen LogP) is 3.57. The number of nitrogens with zero attached hydrogens (tertiary/aromatic N) is 2. The van der Waals surface area contributed by atoms with E-state index in [1.807, 2.05) is 42.5 Å². The van der Waals surface area contributed by atoms with Crippen LogP contribution in [0.4, 0.5) is 5.82 Å². The van der Waals surface area contributed by atoms with E-state index in [9.17, 15) is 8.42 Å². The molecule has 0 spiro atoms. The van der Waals surface area contributed by atoms with Gasteiger partial charge in [-0.25, -0.2) is 13.4 Å². The van der Waals surface area contributed by atoms with Crippen LogP contribution in [-0.2, 0) is 10.0 Å². The molecule has 0 aliphatic carbocycles. The Morgan fingerprint density at radius 3 is 2.00 bits per heavy atom. The lowest BCUT2D eigenvalue weighted by Crippen LogP contribution is -2.27. The summed E-state index contributed by atoms with van der Waals surface area (Å²) in [5.41, 5.74) is 2.03. The molecule has 0 aliphatic heterocycles. The van der Waals surface area contributed by atoms with Crippen LogP contribution in [0.15, 0.2) is 83.9 Å². The Morgan fingerprint density at radius 1 is 0.783 bits per heavy atom. The average Bonchev–Trinajstić information content (AvgIpc) is 2.62. The Kier molecular flexibility index (Phi) is 4.12. The third-order valence-corrected chi connectivity index (χ3v) is 5.37. The Bertz CT molecular complexity index is 877. The molecule has 0 unspecified atom stereocenters. The van der Waals surface area contributed by atoms with Crippen LogP contribution >= 0.6 is 0 Å². The topological polar surface area (TPSA) is 50.3 Å². The summed E-state index contributed by atoms with van der Waals surface area (Å²) in [6.45, 7) is 0. The van der Waals surface area contributed by atoms with Gasteiger partial charge in [-0.05, 0) is 35.4 Å². The van der Waals surface area contributed by atoms with Crippen LogP contribution in [0.25, 0.3) is 11.1 Å². The lowest BCUT2D eigenvalue weighted by molar-refractivity contribution is 0.594. The first-order valence-corrected chi connectivity index (χ1v) is 8.58. The van der Waals surface area contributed by atoms with Crippen LogP contribution in [0.2, 0.25) is 0 Å². The summed E-state index contributed by atoms with van der Waals surface area (Å²) >= 11 is 0. The van der Waals surface area contributed by atoms with Crippen LogP contribution in [-0.4, -0.2) is 20.4 Å². The van der Waals surface area contributed by atoms with Gasteiger partial charge in [-0.15, -0.1) is 0 Å². The number of rotatable bonds is 4. The normalized spacial score (nSPS) is 11.2. The second-order valence-corrected chi connectivity index (χ2v) is 7.02. The summed E-state index contributed by atoms with van der Waals surface area (Å²) in [6.07, 6.45) is 1.57. The monoisotopic (exact) mass is 324 g/mol. The highest BCUT2D eigenvalue weighted by Gasteiger charge is 2.21. The number of benzene rings is 2. The molecule has 0 saturated carbocycles. The van der Waals surface area contributed by atoms with Crippen molar-refractivity contribution in [1.29, 1.82) is 0 Å². The number of hydrogen-bond donors (Lipinski definition) is 0. The molecule has 3 rings (SSSR count). The third kappa shape index (κ3) is 3.10. The van der Waals surface area contributed by atoms with Gasteiger partial charge < -0.3 is 0 Å². The van der Waals surface area contributed by atoms with Crippen LogP contribution in [0, 0.1) is 0 Å². The fourth-order valence-corrected chi connectivity index (χ4v) is 3.42. The molecule has 0 aliphatic rings. The Balaban J connectivity index is 1.92. The molecule has 116 valence electrons. The molecular formula is C18H16N2O2S. The fourth-order valence-electron chi connectivity index (χ4n) is 2.27. The lowest BCUT2D eigenvalue weighted by Gasteiger charge is -2.18. The molecule has 0 radical (unpaired) electrons. The van der Waals surface area contributed by atoms with Gasteiger partial charge in [0, 0.05) is 13.2 Å². The first kappa shape index (κ1) is 15.2. The van der Waals surface area contributed by atoms with Crippen LogP contribution in [0.1, 0.15) is 0 Å². The van der Waals surface area contributed by atoms with Gasteiger partial charge in [0.1, 0.15) is 5.82 Å². The van der Waals surface area contributed by atoms with E-state index < -0.39 is 10.0 Å². The zero-order valence-electron chi connectivity index (χ0n) is 12.6. The van der Waals surface area contributed by atoms with Crippen molar-refractivity contribution < 1.29 is 8.42 Å². The van der Waals surface area contributed by atoms with Crippen molar-refractivity contribution in [2.75, 3.05) is 11.4 Å². The summed E-state index contributed by atoms with van der Waals surface area (Å²) in [6, 6.07) is 21.9. The maximum atomic E-state index is 12.7. The Morgan fingerprint density at radius 2 is 1.39 bits per heavy atom. The van der Waals surface area contributed by atoms with E-state index in [0.29, 0.717) is 5.82 Å². The molecule has 0 fully saturated rings. The highest BCUT2D eigenvalue weighted by Crippen LogP contribution is 2.24. The van der Waals surface area contributed by atoms with Gasteiger partial charge >= 0.3 is 0 Å². The smallest absolute Gasteiger partial charge is 0.253 e. The lowest BCUT2D eigenvalue weighted by atomic mass is 10.1. The molecule has 1 heterocycles. The van der Waals surface area contributed by atoms with Crippen molar-refractivity contribution in [2.45, 2.75) is 4.90 Å². The van der Waals surface area contributed by atoms with Gasteiger partial charge in [-0.1, -0.05) is 48.5 Å². The van der Waals surface area contributed by atoms with Gasteiger partial charge in [0.2, 0.25) is 0 Å². The van der Waals surface area contributed by atoms with Crippen LogP contribution in [0.5, 0.6) is 0 Å². The molecular weight excluding hydrogens is 308 g/mol. The molecule has 5 heteroatoms. The number of hydrogen-bond acceptors (Lipinski definition) is 3. The molecule has 3 aromatic rings. The zero-order chi connectivity index (χ0) is 16.3. The highest BCUT2D eigenvalue weighted by atomic mass is 32.2. The van der Waals surface area contributed by atoms with E-state index in [0.717, 1.165) is 11.1 Å². The molecule has 0 N–H and O–H groups in total. The van der Waals surface area contributed by atoms with Crippen molar-refractivity contribution in [3.8, 4) is 11.1 Å². The fraction of sp³-hybridized carbons (Fsp3) is 0.0556. The molecule has 0 saturated heterocycles. The highest BCUT2D eigenvalue weighted by molar-refractivity contribution is 7.92. The molecule has 4 nitrogen and oxygen atoms in total. The quantitative estimate of drug-likeness (QED) is 0.737. The maximum absolute atomic E-state index is 12.7. The zero-order valence-corrected chi connectivity index (χ0v) is 13.4. The molecule has 2 aromatic carbocycles. The predicted molar refractivity (Wildman–Crippen MR) is 91.7 cm³/mol. The minimum absolute atomic E-state index is 0.241. The average molecular weight is 324 g/mol. The molecule has 0 atom stereocenters. The number of pyridine rings is 1. The summed E-state index contributed by atoms with van der Waals surface area (Å²) in [4.78, 5) is 4.32. The van der Waals surface area contributed by atoms with Gasteiger partial charge in [-0.2, -0.15) is 0 Å². The molecule has 23 heavy (non-hydrogen) atoms. The van der Waals surface area contributed by atoms with Gasteiger partial charge in [0.25, 0.3) is 10.0 Å². The number of aromatic nitrogens is 1. The number of anilines is 1. The van der Waals surface area contributed by atoms with Gasteiger partial charge in [-0.3, -0.25) is 4.31 Å². The van der Waals surface area contributed by atoms with Crippen molar-refractivity contribution >= 4 is 15.8 Å². The van der Waals surface area contributed by atoms with E-state index in [4.69, 9.17) is 0 Å². The van der Waals surface area contributed by atoms with Crippen molar-refractivity contribution in [1.82, 2.24) is 4.98 Å². The summed E-state index contributed by atoms with van der Waals surface area (Å²) in [5.74, 6) is 0.389. The first-order valence-electron chi connectivity index (χ1n) is 7.14. The van der Waals surface area contributed by atoms with E-state index in [2.05, 4.69) is 4.98 Å². The van der Waals surface area contributed by atoms with Crippen LogP contribution < -0.4 is 4.31 Å². The largest absolute Gasteiger partial charge is 0.265 e. The minimum Gasteiger partial charge on any atom is -0.253 e. The van der Waals surface area contributed by atoms with Gasteiger partial charge in [0.15, 0.2) is 0 Å². The second kappa shape index (κ2) is 6.22. The second-order valence-electron chi connectivity index (χ2n) is 5.05. The first-order chi connectivity index (χ1) is 11.1. The summed E-state index contributed by atoms with van der Waals surface area (Å²) in [7, 11) is -2.12. The standard InChI is InChI=1S/C18H16N2O2S/c1-20(18-9-5-6-14-19-18)23(21,22)17-12-10-16(11-13-17)15-7-3-2-4-8-15/h2-14H,1H3. The van der Waals surface area contributed by atoms with E-state index in [1.165, 1.54) is 11.4 Å². The maximum Gasteiger partial charge on any atom is 0.265 e. The van der Waals surface area contributed by atoms with E-state index >= 15 is 0 Å². The minimum atomic E-state index is -3.62. The summed E-state index contributed by atoms with van der Waals surface area (Å²) in [5, 5.41) is 0. The van der Waals surface area contributed by atoms with E-state index in [-0.39, 0.29) is 4.90 Å². The molecule has 0 amide bonds.